The van der Waals surface area contributed by atoms with E-state index in [9.17, 15) is 30.0 Å². The van der Waals surface area contributed by atoms with Gasteiger partial charge in [-0.05, 0) is 24.5 Å². The van der Waals surface area contributed by atoms with Gasteiger partial charge in [-0.25, -0.2) is 0 Å². The Kier molecular flexibility index (Phi) is 9.65. The third kappa shape index (κ3) is 5.27. The fraction of sp³-hybridized carbons (Fsp3) is 0.824. The highest BCUT2D eigenvalue weighted by molar-refractivity contribution is 6.04. The van der Waals surface area contributed by atoms with Gasteiger partial charge in [0.25, 0.3) is 0 Å². The van der Waals surface area contributed by atoms with Gasteiger partial charge in [-0.1, -0.05) is 104 Å². The van der Waals surface area contributed by atoms with E-state index < -0.39 is 57.8 Å². The first-order valence-electron chi connectivity index (χ1n) is 16.2. The summed E-state index contributed by atoms with van der Waals surface area (Å²) in [5.41, 5.74) is -4.54. The van der Waals surface area contributed by atoms with Crippen LogP contribution in [0.4, 0.5) is 0 Å². The fourth-order valence-electron chi connectivity index (χ4n) is 8.84. The molecule has 4 rings (SSSR count). The van der Waals surface area contributed by atoms with Crippen LogP contribution in [0, 0.1) is 29.1 Å². The molecular weight excluding hydrogens is 520 g/mol. The van der Waals surface area contributed by atoms with Crippen LogP contribution in [0.25, 0.3) is 0 Å². The summed E-state index contributed by atoms with van der Waals surface area (Å²) in [5, 5.41) is 45.9. The molecule has 4 aliphatic rings. The molecule has 7 heteroatoms. The van der Waals surface area contributed by atoms with Crippen LogP contribution in [0.5, 0.6) is 0 Å². The van der Waals surface area contributed by atoms with Crippen molar-refractivity contribution in [2.24, 2.45) is 29.1 Å². The predicted octanol–water partition coefficient (Wildman–Crippen LogP) is 5.18. The summed E-state index contributed by atoms with van der Waals surface area (Å²) in [5.74, 6) is -3.60. The maximum Gasteiger partial charge on any atom is 0.306 e. The minimum Gasteiger partial charge on any atom is -0.455 e. The molecule has 0 heterocycles. The third-order valence-electron chi connectivity index (χ3n) is 11.3. The largest absolute Gasteiger partial charge is 0.455 e. The predicted molar refractivity (Wildman–Crippen MR) is 158 cm³/mol. The first-order chi connectivity index (χ1) is 19.3. The fourth-order valence-corrected chi connectivity index (χ4v) is 8.84. The summed E-state index contributed by atoms with van der Waals surface area (Å²) in [6.07, 6.45) is 15.5. The van der Waals surface area contributed by atoms with Gasteiger partial charge in [-0.2, -0.15) is 0 Å². The number of carbonyl (C=O) groups excluding carboxylic acids is 2. The minimum absolute atomic E-state index is 0.0821. The van der Waals surface area contributed by atoms with Crippen molar-refractivity contribution in [2.75, 3.05) is 6.61 Å². The van der Waals surface area contributed by atoms with Gasteiger partial charge in [-0.15, -0.1) is 0 Å². The molecule has 8 atom stereocenters. The van der Waals surface area contributed by atoms with Crippen molar-refractivity contribution >= 4 is 11.8 Å². The molecule has 0 aromatic carbocycles. The number of rotatable bonds is 14. The number of unbranched alkanes of at least 4 members (excludes halogenated alkanes) is 10. The van der Waals surface area contributed by atoms with E-state index in [0.717, 1.165) is 19.3 Å². The van der Waals surface area contributed by atoms with Crippen LogP contribution >= 0.6 is 0 Å². The monoisotopic (exact) mass is 574 g/mol. The van der Waals surface area contributed by atoms with Gasteiger partial charge in [0.1, 0.15) is 11.2 Å². The number of Topliss-reactive ketones (excluding diaryl/α,β-unsaturated/α-hetero) is 1. The zero-order valence-electron chi connectivity index (χ0n) is 26.0. The van der Waals surface area contributed by atoms with Gasteiger partial charge in [0.15, 0.2) is 5.78 Å². The van der Waals surface area contributed by atoms with Crippen molar-refractivity contribution in [3.05, 3.63) is 23.3 Å². The highest BCUT2D eigenvalue weighted by Crippen LogP contribution is 2.76. The summed E-state index contributed by atoms with van der Waals surface area (Å²) in [7, 11) is 0. The van der Waals surface area contributed by atoms with Crippen LogP contribution in [-0.2, 0) is 14.3 Å². The maximum atomic E-state index is 13.1. The molecule has 1 unspecified atom stereocenters. The van der Waals surface area contributed by atoms with Crippen LogP contribution in [-0.4, -0.2) is 61.7 Å². The average Bonchev–Trinajstić information content (AvgIpc) is 3.36. The number of aliphatic hydroxyl groups is 4. The van der Waals surface area contributed by atoms with Crippen molar-refractivity contribution in [1.82, 2.24) is 0 Å². The lowest BCUT2D eigenvalue weighted by molar-refractivity contribution is -0.219. The minimum atomic E-state index is -1.89. The molecule has 0 spiro atoms. The Bertz CT molecular complexity index is 1050. The van der Waals surface area contributed by atoms with Gasteiger partial charge >= 0.3 is 5.97 Å². The molecule has 2 fully saturated rings. The van der Waals surface area contributed by atoms with Crippen LogP contribution in [0.3, 0.4) is 0 Å². The Labute approximate surface area is 246 Å². The first kappa shape index (κ1) is 32.4. The smallest absolute Gasteiger partial charge is 0.306 e. The van der Waals surface area contributed by atoms with E-state index in [2.05, 4.69) is 6.92 Å². The molecular formula is C34H54O7. The van der Waals surface area contributed by atoms with Gasteiger partial charge in [-0.3, -0.25) is 9.59 Å². The number of ether oxygens (including phenoxy) is 1. The van der Waals surface area contributed by atoms with Crippen molar-refractivity contribution in [3.8, 4) is 0 Å². The van der Waals surface area contributed by atoms with Crippen LogP contribution in [0.2, 0.25) is 0 Å². The Morgan fingerprint density at radius 1 is 0.976 bits per heavy atom. The Balaban J connectivity index is 1.41. The zero-order valence-corrected chi connectivity index (χ0v) is 26.0. The van der Waals surface area contributed by atoms with Crippen molar-refractivity contribution < 1.29 is 34.8 Å². The second-order valence-electron chi connectivity index (χ2n) is 14.1. The topological polar surface area (TPSA) is 124 Å². The highest BCUT2D eigenvalue weighted by atomic mass is 16.6. The normalized spacial score (nSPS) is 38.8. The Morgan fingerprint density at radius 3 is 2.10 bits per heavy atom. The number of esters is 1. The van der Waals surface area contributed by atoms with Crippen molar-refractivity contribution in [1.29, 1.82) is 0 Å². The standard InChI is InChI=1S/C34H54O7/c1-6-7-8-9-10-11-12-13-14-15-16-17-27(36)41-34-28(31(34,4)5)25-19-24(21-35)20-32(39)26(18-22(2)29(32)37)33(25,40)23(3)30(34)38/h18-19,23,25-26,28,30,35,38-40H,6-17,20-21H2,1-5H3/t23-,25+,26-,28+,30?,32-,33-,34-/m1/s1. The van der Waals surface area contributed by atoms with E-state index in [-0.39, 0.29) is 25.4 Å². The van der Waals surface area contributed by atoms with E-state index in [0.29, 0.717) is 11.1 Å². The molecule has 41 heavy (non-hydrogen) atoms. The molecule has 0 aromatic rings. The molecule has 0 aliphatic heterocycles. The molecule has 7 nitrogen and oxygen atoms in total. The lowest BCUT2D eigenvalue weighted by Crippen LogP contribution is -2.65. The van der Waals surface area contributed by atoms with Crippen LogP contribution in [0.15, 0.2) is 23.3 Å². The number of ketones is 1. The Morgan fingerprint density at radius 2 is 1.54 bits per heavy atom. The maximum absolute atomic E-state index is 13.1. The van der Waals surface area contributed by atoms with Crippen molar-refractivity contribution in [2.45, 2.75) is 141 Å². The Hall–Kier alpha value is -1.54. The molecule has 4 N–H and O–H groups in total. The summed E-state index contributed by atoms with van der Waals surface area (Å²) in [4.78, 5) is 26.2. The molecule has 2 saturated carbocycles. The second-order valence-corrected chi connectivity index (χ2v) is 14.1. The van der Waals surface area contributed by atoms with Crippen LogP contribution in [0.1, 0.15) is 118 Å². The number of hydrogen-bond acceptors (Lipinski definition) is 7. The van der Waals surface area contributed by atoms with E-state index in [4.69, 9.17) is 4.74 Å². The van der Waals surface area contributed by atoms with Gasteiger partial charge in [0.05, 0.1) is 18.3 Å². The van der Waals surface area contributed by atoms with Gasteiger partial charge in [0, 0.05) is 41.9 Å². The van der Waals surface area contributed by atoms with Crippen LogP contribution < -0.4 is 0 Å². The number of fused-ring (bicyclic) bond motifs is 5. The van der Waals surface area contributed by atoms with E-state index in [1.54, 1.807) is 26.0 Å². The molecule has 0 amide bonds. The quantitative estimate of drug-likeness (QED) is 0.128. The summed E-state index contributed by atoms with van der Waals surface area (Å²) in [6.45, 7) is 9.10. The zero-order chi connectivity index (χ0) is 30.2. The summed E-state index contributed by atoms with van der Waals surface area (Å²) < 4.78 is 6.19. The highest BCUT2D eigenvalue weighted by Gasteiger charge is 2.86. The van der Waals surface area contributed by atoms with E-state index in [1.807, 2.05) is 13.8 Å². The molecule has 0 bridgehead atoms. The molecule has 4 aliphatic carbocycles. The molecule has 0 radical (unpaired) electrons. The first-order valence-corrected chi connectivity index (χ1v) is 16.2. The average molecular weight is 575 g/mol. The SMILES string of the molecule is CCCCCCCCCCCCCC(=O)O[C@@]12C(O)[C@@H](C)[C@@]3(O)[C@@H](C=C(CO)C[C@]4(O)C(=O)C(C)=C[C@@H]34)[C@H]1C2(C)C. The molecule has 0 saturated heterocycles. The lowest BCUT2D eigenvalue weighted by atomic mass is 9.59. The lowest BCUT2D eigenvalue weighted by Gasteiger charge is -2.52. The molecule has 0 aromatic heterocycles. The number of hydrogen-bond donors (Lipinski definition) is 4. The molecule has 232 valence electrons. The second kappa shape index (κ2) is 12.2. The third-order valence-corrected chi connectivity index (χ3v) is 11.3. The summed E-state index contributed by atoms with van der Waals surface area (Å²) in [6, 6.07) is 0. The van der Waals surface area contributed by atoms with Gasteiger partial charge in [0.2, 0.25) is 0 Å². The van der Waals surface area contributed by atoms with E-state index >= 15 is 0 Å². The van der Waals surface area contributed by atoms with Gasteiger partial charge < -0.3 is 25.2 Å². The number of aliphatic hydroxyl groups excluding tert-OH is 2. The summed E-state index contributed by atoms with van der Waals surface area (Å²) >= 11 is 0. The van der Waals surface area contributed by atoms with E-state index in [1.165, 1.54) is 51.4 Å². The number of carbonyl (C=O) groups is 2. The van der Waals surface area contributed by atoms with Crippen molar-refractivity contribution in [3.63, 3.8) is 0 Å².